The van der Waals surface area contributed by atoms with E-state index in [4.69, 9.17) is 15.1 Å². The predicted molar refractivity (Wildman–Crippen MR) is 124 cm³/mol. The largest absolute Gasteiger partial charge is 0.330 e. The molecule has 0 saturated carbocycles. The summed E-state index contributed by atoms with van der Waals surface area (Å²) in [4.78, 5) is 37.6. The number of hydrogen-bond donors (Lipinski definition) is 2. The second-order valence-corrected chi connectivity index (χ2v) is 10.2. The van der Waals surface area contributed by atoms with Crippen LogP contribution in [0.2, 0.25) is 0 Å². The molecule has 1 aromatic carbocycles. The van der Waals surface area contributed by atoms with Crippen molar-refractivity contribution in [3.8, 4) is 6.07 Å². The minimum Gasteiger partial charge on any atom is -0.330 e. The fourth-order valence-electron chi connectivity index (χ4n) is 6.01. The molecule has 2 bridgehead atoms. The lowest BCUT2D eigenvalue weighted by Gasteiger charge is -2.38. The van der Waals surface area contributed by atoms with Gasteiger partial charge < -0.3 is 15.5 Å². The Morgan fingerprint density at radius 3 is 3.00 bits per heavy atom. The summed E-state index contributed by atoms with van der Waals surface area (Å²) < 4.78 is 5.00. The topological polar surface area (TPSA) is 124 Å². The van der Waals surface area contributed by atoms with Gasteiger partial charge in [0.15, 0.2) is 0 Å². The minimum absolute atomic E-state index is 0.0875. The molecule has 2 amide bonds. The van der Waals surface area contributed by atoms with Crippen LogP contribution in [0.25, 0.3) is 0 Å². The van der Waals surface area contributed by atoms with Gasteiger partial charge in [-0.2, -0.15) is 10.7 Å². The first-order valence-electron chi connectivity index (χ1n) is 11.8. The second kappa shape index (κ2) is 9.81. The van der Waals surface area contributed by atoms with Gasteiger partial charge in [-0.15, -0.1) is 9.32 Å². The number of benzene rings is 1. The molecule has 5 atom stereocenters. The first-order chi connectivity index (χ1) is 16.5. The van der Waals surface area contributed by atoms with Crippen molar-refractivity contribution in [1.82, 2.24) is 20.2 Å². The summed E-state index contributed by atoms with van der Waals surface area (Å²) >= 11 is 1.14. The highest BCUT2D eigenvalue weighted by Gasteiger charge is 2.53. The number of aryl methyl sites for hydroxylation is 1. The van der Waals surface area contributed by atoms with Crippen LogP contribution in [0.5, 0.6) is 0 Å². The van der Waals surface area contributed by atoms with Crippen LogP contribution < -0.4 is 11.2 Å². The van der Waals surface area contributed by atoms with Crippen LogP contribution in [0.4, 0.5) is 0 Å². The molecular weight excluding hydrogens is 456 g/mol. The van der Waals surface area contributed by atoms with Gasteiger partial charge in [0.25, 0.3) is 0 Å². The van der Waals surface area contributed by atoms with Crippen molar-refractivity contribution in [3.05, 3.63) is 29.3 Å². The van der Waals surface area contributed by atoms with Gasteiger partial charge in [0.1, 0.15) is 6.04 Å². The van der Waals surface area contributed by atoms with Crippen LogP contribution in [-0.4, -0.2) is 77.4 Å². The monoisotopic (exact) mass is 486 g/mol. The molecule has 0 radical (unpaired) electrons. The summed E-state index contributed by atoms with van der Waals surface area (Å²) in [6.07, 6.45) is 4.14. The third-order valence-electron chi connectivity index (χ3n) is 7.49. The lowest BCUT2D eigenvalue weighted by molar-refractivity contribution is -0.237. The van der Waals surface area contributed by atoms with E-state index in [9.17, 15) is 14.9 Å². The number of nitrogens with two attached hydrogens (primary N) is 1. The molecule has 3 heterocycles. The van der Waals surface area contributed by atoms with E-state index in [1.807, 2.05) is 6.07 Å². The van der Waals surface area contributed by atoms with Crippen LogP contribution in [0.15, 0.2) is 23.1 Å². The van der Waals surface area contributed by atoms with Gasteiger partial charge in [0, 0.05) is 37.6 Å². The van der Waals surface area contributed by atoms with Crippen molar-refractivity contribution in [1.29, 1.82) is 5.26 Å². The van der Waals surface area contributed by atoms with Crippen LogP contribution >= 0.6 is 12.0 Å². The van der Waals surface area contributed by atoms with Crippen LogP contribution in [0.1, 0.15) is 42.9 Å². The first kappa shape index (κ1) is 23.5. The van der Waals surface area contributed by atoms with E-state index >= 15 is 0 Å². The molecule has 3 fully saturated rings. The zero-order chi connectivity index (χ0) is 23.8. The van der Waals surface area contributed by atoms with E-state index in [1.165, 1.54) is 11.1 Å². The Bertz CT molecular complexity index is 1000. The number of piperazine rings is 1. The maximum Gasteiger partial charge on any atom is 0.241 e. The van der Waals surface area contributed by atoms with E-state index in [1.54, 1.807) is 11.9 Å². The maximum atomic E-state index is 13.4. The number of likely N-dealkylation sites (tertiary alicyclic amines) is 3. The molecule has 10 nitrogen and oxygen atoms in total. The molecule has 0 spiro atoms. The first-order valence-corrected chi connectivity index (χ1v) is 12.6. The number of nitrogens with one attached hydrogen (secondary N) is 1. The van der Waals surface area contributed by atoms with Gasteiger partial charge in [0.05, 0.1) is 36.2 Å². The Kier molecular flexibility index (Phi) is 6.79. The Morgan fingerprint density at radius 1 is 1.38 bits per heavy atom. The average Bonchev–Trinajstić information content (AvgIpc) is 3.61. The predicted octanol–water partition coefficient (Wildman–Crippen LogP) is 0.891. The Balaban J connectivity index is 1.21. The molecule has 3 aliphatic heterocycles. The molecule has 4 aliphatic rings. The lowest BCUT2D eigenvalue weighted by Crippen LogP contribution is -2.56. The zero-order valence-electron chi connectivity index (χ0n) is 19.2. The van der Waals surface area contributed by atoms with Crippen molar-refractivity contribution >= 4 is 23.9 Å². The van der Waals surface area contributed by atoms with Crippen molar-refractivity contribution < 1.29 is 18.9 Å². The normalized spacial score (nSPS) is 29.0. The molecule has 1 aromatic rings. The Hall–Kier alpha value is -2.20. The molecular formula is C23H30N6O4S. The molecule has 3 N–H and O–H groups in total. The number of carbonyl (C=O) groups excluding carboxylic acids is 2. The number of hydroxylamine groups is 1. The zero-order valence-corrected chi connectivity index (χ0v) is 20.0. The molecule has 182 valence electrons. The standard InChI is InChI=1S/C23H30N6O4S/c1-26-32-33-34-17-5-6-18-14(9-17)4-7-20(18)29-16-10-21(23(29)31)27(12-16)13-19(25)22(30)28-8-2-3-15(28)11-24/h5-6,9,15-16,19-21,26H,2-4,7-8,10,12-13,25H2,1H3/t15-,16-,19-,20+,21-/m0/s1. The smallest absolute Gasteiger partial charge is 0.241 e. The molecule has 0 unspecified atom stereocenters. The third kappa shape index (κ3) is 4.19. The summed E-state index contributed by atoms with van der Waals surface area (Å²) in [6, 6.07) is 7.28. The fourth-order valence-corrected chi connectivity index (χ4v) is 6.51. The Labute approximate surface area is 203 Å². The van der Waals surface area contributed by atoms with Gasteiger partial charge in [-0.1, -0.05) is 6.07 Å². The Morgan fingerprint density at radius 2 is 2.24 bits per heavy atom. The fraction of sp³-hybridized carbons (Fsp3) is 0.609. The molecule has 5 rings (SSSR count). The molecule has 11 heteroatoms. The summed E-state index contributed by atoms with van der Waals surface area (Å²) in [7, 11) is 1.62. The van der Waals surface area contributed by atoms with Crippen molar-refractivity contribution in [2.24, 2.45) is 5.73 Å². The summed E-state index contributed by atoms with van der Waals surface area (Å²) in [5, 5.41) is 9.28. The highest BCUT2D eigenvalue weighted by Crippen LogP contribution is 2.44. The van der Waals surface area contributed by atoms with Gasteiger partial charge in [0.2, 0.25) is 11.8 Å². The van der Waals surface area contributed by atoms with E-state index < -0.39 is 6.04 Å². The summed E-state index contributed by atoms with van der Waals surface area (Å²) in [5.41, 5.74) is 11.2. The number of hydrogen-bond acceptors (Lipinski definition) is 9. The molecule has 0 aromatic heterocycles. The van der Waals surface area contributed by atoms with Crippen LogP contribution in [0, 0.1) is 11.3 Å². The molecule has 3 saturated heterocycles. The highest BCUT2D eigenvalue weighted by atomic mass is 32.2. The van der Waals surface area contributed by atoms with E-state index in [0.29, 0.717) is 19.5 Å². The van der Waals surface area contributed by atoms with Crippen molar-refractivity contribution in [2.45, 2.75) is 67.2 Å². The van der Waals surface area contributed by atoms with Crippen LogP contribution in [-0.2, 0) is 25.3 Å². The number of nitriles is 1. The summed E-state index contributed by atoms with van der Waals surface area (Å²) in [5.74, 6) is -0.0485. The van der Waals surface area contributed by atoms with Crippen molar-refractivity contribution in [2.75, 3.05) is 26.7 Å². The minimum atomic E-state index is -0.716. The van der Waals surface area contributed by atoms with Gasteiger partial charge in [-0.25, -0.2) is 0 Å². The second-order valence-electron chi connectivity index (χ2n) is 9.38. The number of nitrogens with zero attached hydrogens (tertiary/aromatic N) is 4. The maximum absolute atomic E-state index is 13.4. The van der Waals surface area contributed by atoms with Gasteiger partial charge >= 0.3 is 0 Å². The van der Waals surface area contributed by atoms with Crippen LogP contribution in [0.3, 0.4) is 0 Å². The SMILES string of the molecule is CNOOSc1ccc2c(c1)CC[C@H]2N1C(=O)[C@@H]2C[C@H]1CN2C[C@H](N)C(=O)N1CCC[C@H]1C#N. The number of carbonyl (C=O) groups is 2. The van der Waals surface area contributed by atoms with Crippen molar-refractivity contribution in [3.63, 3.8) is 0 Å². The van der Waals surface area contributed by atoms with Gasteiger partial charge in [-0.05, 0) is 55.4 Å². The lowest BCUT2D eigenvalue weighted by atomic mass is 10.1. The third-order valence-corrected chi connectivity index (χ3v) is 8.07. The number of amides is 2. The highest BCUT2D eigenvalue weighted by molar-refractivity contribution is 7.94. The van der Waals surface area contributed by atoms with Gasteiger partial charge in [-0.3, -0.25) is 14.5 Å². The number of rotatable bonds is 8. The van der Waals surface area contributed by atoms with E-state index in [2.05, 4.69) is 33.5 Å². The number of fused-ring (bicyclic) bond motifs is 3. The molecule has 34 heavy (non-hydrogen) atoms. The van der Waals surface area contributed by atoms with E-state index in [-0.39, 0.29) is 36.0 Å². The van der Waals surface area contributed by atoms with E-state index in [0.717, 1.165) is 49.2 Å². The summed E-state index contributed by atoms with van der Waals surface area (Å²) in [6.45, 7) is 1.66. The average molecular weight is 487 g/mol. The quantitative estimate of drug-likeness (QED) is 0.239. The molecule has 1 aliphatic carbocycles.